The van der Waals surface area contributed by atoms with Gasteiger partial charge in [-0.1, -0.05) is 12.1 Å². The summed E-state index contributed by atoms with van der Waals surface area (Å²) in [6, 6.07) is 9.78. The molecular weight excluding hydrogens is 334 g/mol. The summed E-state index contributed by atoms with van der Waals surface area (Å²) in [5.41, 5.74) is 2.16. The Hall–Kier alpha value is -2.25. The molecule has 0 spiro atoms. The van der Waals surface area contributed by atoms with Crippen LogP contribution in [0.3, 0.4) is 0 Å². The van der Waals surface area contributed by atoms with Crippen LogP contribution in [0.4, 0.5) is 8.78 Å². The lowest BCUT2D eigenvalue weighted by molar-refractivity contribution is 0.580. The summed E-state index contributed by atoms with van der Waals surface area (Å²) >= 11 is 0. The largest absolute Gasteiger partial charge is 0.361 e. The van der Waals surface area contributed by atoms with Crippen LogP contribution in [0.15, 0.2) is 48.7 Å². The van der Waals surface area contributed by atoms with Crippen molar-refractivity contribution in [2.24, 2.45) is 0 Å². The lowest BCUT2D eigenvalue weighted by atomic mass is 10.1. The number of hydrogen-bond acceptors (Lipinski definition) is 2. The molecule has 3 rings (SSSR count). The number of fused-ring (bicyclic) bond motifs is 1. The van der Waals surface area contributed by atoms with E-state index in [0.717, 1.165) is 16.5 Å². The Kier molecular flexibility index (Phi) is 4.64. The van der Waals surface area contributed by atoms with Crippen molar-refractivity contribution in [1.29, 1.82) is 0 Å². The number of H-pyrrole nitrogens is 1. The van der Waals surface area contributed by atoms with Gasteiger partial charge in [0.2, 0.25) is 10.0 Å². The second-order valence-electron chi connectivity index (χ2n) is 5.53. The normalized spacial score (nSPS) is 11.9. The molecule has 2 aromatic carbocycles. The second-order valence-corrected chi connectivity index (χ2v) is 7.34. The summed E-state index contributed by atoms with van der Waals surface area (Å²) in [7, 11) is -3.52. The zero-order valence-electron chi connectivity index (χ0n) is 12.7. The van der Waals surface area contributed by atoms with Gasteiger partial charge in [-0.25, -0.2) is 21.9 Å². The van der Waals surface area contributed by atoms with Crippen LogP contribution in [0.1, 0.15) is 11.1 Å². The van der Waals surface area contributed by atoms with E-state index in [-0.39, 0.29) is 18.1 Å². The maximum Gasteiger partial charge on any atom is 0.215 e. The predicted octanol–water partition coefficient (Wildman–Crippen LogP) is 3.11. The summed E-state index contributed by atoms with van der Waals surface area (Å²) in [5, 5.41) is 0.743. The molecule has 0 aliphatic rings. The average molecular weight is 350 g/mol. The van der Waals surface area contributed by atoms with E-state index in [1.165, 1.54) is 36.4 Å². The fourth-order valence-electron chi connectivity index (χ4n) is 2.55. The van der Waals surface area contributed by atoms with E-state index in [4.69, 9.17) is 0 Å². The standard InChI is InChI=1S/C17H16F2N2O2S/c18-14-3-1-12(2-4-14)11-24(22,23)21-8-7-13-10-20-17-6-5-15(19)9-16(13)17/h1-6,9-10,20-21H,7-8,11H2. The molecule has 0 aliphatic heterocycles. The molecule has 0 saturated carbocycles. The SMILES string of the molecule is O=S(=O)(Cc1ccc(F)cc1)NCCc1c[nH]c2ccc(F)cc12. The Morgan fingerprint density at radius 2 is 1.71 bits per heavy atom. The lowest BCUT2D eigenvalue weighted by Gasteiger charge is -2.07. The molecule has 0 aliphatic carbocycles. The number of rotatable bonds is 6. The van der Waals surface area contributed by atoms with Crippen LogP contribution < -0.4 is 4.72 Å². The summed E-state index contributed by atoms with van der Waals surface area (Å²) in [5.74, 6) is -0.952. The molecule has 126 valence electrons. The molecule has 0 bridgehead atoms. The molecule has 2 N–H and O–H groups in total. The molecule has 3 aromatic rings. The van der Waals surface area contributed by atoms with Crippen LogP contribution >= 0.6 is 0 Å². The van der Waals surface area contributed by atoms with Gasteiger partial charge in [-0.15, -0.1) is 0 Å². The Morgan fingerprint density at radius 3 is 2.46 bits per heavy atom. The van der Waals surface area contributed by atoms with Gasteiger partial charge < -0.3 is 4.98 Å². The van der Waals surface area contributed by atoms with Gasteiger partial charge in [0.25, 0.3) is 0 Å². The third-order valence-corrected chi connectivity index (χ3v) is 5.07. The molecule has 0 unspecified atom stereocenters. The minimum Gasteiger partial charge on any atom is -0.361 e. The molecule has 0 atom stereocenters. The first-order valence-electron chi connectivity index (χ1n) is 7.40. The van der Waals surface area contributed by atoms with Crippen molar-refractivity contribution in [3.63, 3.8) is 0 Å². The Bertz CT molecular complexity index is 950. The van der Waals surface area contributed by atoms with E-state index in [1.54, 1.807) is 12.3 Å². The van der Waals surface area contributed by atoms with Gasteiger partial charge in [-0.3, -0.25) is 0 Å². The number of nitrogens with one attached hydrogen (secondary N) is 2. The van der Waals surface area contributed by atoms with Crippen LogP contribution in [0.25, 0.3) is 10.9 Å². The highest BCUT2D eigenvalue weighted by Crippen LogP contribution is 2.19. The van der Waals surface area contributed by atoms with Crippen molar-refractivity contribution in [1.82, 2.24) is 9.71 Å². The first kappa shape index (κ1) is 16.6. The zero-order chi connectivity index (χ0) is 17.2. The van der Waals surface area contributed by atoms with Gasteiger partial charge >= 0.3 is 0 Å². The smallest absolute Gasteiger partial charge is 0.215 e. The highest BCUT2D eigenvalue weighted by atomic mass is 32.2. The maximum atomic E-state index is 13.3. The van der Waals surface area contributed by atoms with Crippen LogP contribution in [0.5, 0.6) is 0 Å². The van der Waals surface area contributed by atoms with E-state index >= 15 is 0 Å². The topological polar surface area (TPSA) is 62.0 Å². The monoisotopic (exact) mass is 350 g/mol. The minimum absolute atomic E-state index is 0.201. The van der Waals surface area contributed by atoms with Gasteiger partial charge in [-0.05, 0) is 47.9 Å². The molecule has 1 aromatic heterocycles. The van der Waals surface area contributed by atoms with Crippen molar-refractivity contribution >= 4 is 20.9 Å². The van der Waals surface area contributed by atoms with E-state index in [1.807, 2.05) is 0 Å². The van der Waals surface area contributed by atoms with E-state index in [0.29, 0.717) is 12.0 Å². The molecule has 4 nitrogen and oxygen atoms in total. The average Bonchev–Trinajstić information content (AvgIpc) is 2.92. The van der Waals surface area contributed by atoms with Crippen molar-refractivity contribution in [3.05, 3.63) is 71.4 Å². The van der Waals surface area contributed by atoms with Crippen molar-refractivity contribution in [2.45, 2.75) is 12.2 Å². The van der Waals surface area contributed by atoms with Gasteiger partial charge in [0.15, 0.2) is 0 Å². The molecule has 0 radical (unpaired) electrons. The number of sulfonamides is 1. The summed E-state index contributed by atoms with van der Waals surface area (Å²) in [6.07, 6.45) is 2.18. The number of aromatic amines is 1. The van der Waals surface area contributed by atoms with E-state index < -0.39 is 15.8 Å². The van der Waals surface area contributed by atoms with Crippen LogP contribution in [0.2, 0.25) is 0 Å². The first-order valence-corrected chi connectivity index (χ1v) is 9.05. The molecule has 7 heteroatoms. The summed E-state index contributed by atoms with van der Waals surface area (Å²) in [4.78, 5) is 3.03. The van der Waals surface area contributed by atoms with Gasteiger partial charge in [0, 0.05) is 23.6 Å². The molecule has 0 fully saturated rings. The Morgan fingerprint density at radius 1 is 1.00 bits per heavy atom. The maximum absolute atomic E-state index is 13.3. The van der Waals surface area contributed by atoms with Crippen LogP contribution in [-0.2, 0) is 22.2 Å². The Labute approximate surface area is 138 Å². The van der Waals surface area contributed by atoms with E-state index in [2.05, 4.69) is 9.71 Å². The fourth-order valence-corrected chi connectivity index (χ4v) is 3.70. The van der Waals surface area contributed by atoms with Crippen molar-refractivity contribution in [3.8, 4) is 0 Å². The van der Waals surface area contributed by atoms with Gasteiger partial charge in [0.1, 0.15) is 11.6 Å². The van der Waals surface area contributed by atoms with Crippen LogP contribution in [0, 0.1) is 11.6 Å². The zero-order valence-corrected chi connectivity index (χ0v) is 13.5. The van der Waals surface area contributed by atoms with Crippen molar-refractivity contribution in [2.75, 3.05) is 6.54 Å². The second kappa shape index (κ2) is 6.70. The predicted molar refractivity (Wildman–Crippen MR) is 89.0 cm³/mol. The third-order valence-electron chi connectivity index (χ3n) is 3.72. The third kappa shape index (κ3) is 3.98. The van der Waals surface area contributed by atoms with Gasteiger partial charge in [0.05, 0.1) is 5.75 Å². The quantitative estimate of drug-likeness (QED) is 0.718. The number of aromatic nitrogens is 1. The first-order chi connectivity index (χ1) is 11.4. The number of halogens is 2. The molecule has 24 heavy (non-hydrogen) atoms. The molecular formula is C17H16F2N2O2S. The van der Waals surface area contributed by atoms with Crippen molar-refractivity contribution < 1.29 is 17.2 Å². The highest BCUT2D eigenvalue weighted by Gasteiger charge is 2.12. The van der Waals surface area contributed by atoms with E-state index in [9.17, 15) is 17.2 Å². The molecule has 1 heterocycles. The minimum atomic E-state index is -3.52. The lowest BCUT2D eigenvalue weighted by Crippen LogP contribution is -2.27. The van der Waals surface area contributed by atoms with Gasteiger partial charge in [-0.2, -0.15) is 0 Å². The molecule has 0 saturated heterocycles. The fraction of sp³-hybridized carbons (Fsp3) is 0.176. The van der Waals surface area contributed by atoms with Crippen LogP contribution in [-0.4, -0.2) is 19.9 Å². The summed E-state index contributed by atoms with van der Waals surface area (Å²) in [6.45, 7) is 0.201. The highest BCUT2D eigenvalue weighted by molar-refractivity contribution is 7.88. The number of benzene rings is 2. The Balaban J connectivity index is 1.62. The number of hydrogen-bond donors (Lipinski definition) is 2. The summed E-state index contributed by atoms with van der Waals surface area (Å²) < 4.78 is 52.8. The molecule has 0 amide bonds.